The molecule has 0 aliphatic carbocycles. The number of aryl methyl sites for hydroxylation is 1. The van der Waals surface area contributed by atoms with Gasteiger partial charge in [-0.3, -0.25) is 0 Å². The highest BCUT2D eigenvalue weighted by Crippen LogP contribution is 2.24. The molecule has 0 unspecified atom stereocenters. The molecular weight excluding hydrogens is 234 g/mol. The molecule has 0 atom stereocenters. The predicted molar refractivity (Wildman–Crippen MR) is 78.8 cm³/mol. The zero-order chi connectivity index (χ0) is 14.0. The zero-order valence-electron chi connectivity index (χ0n) is 12.1. The summed E-state index contributed by atoms with van der Waals surface area (Å²) >= 11 is 0. The molecular formula is C16H21N3. The molecule has 100 valence electrons. The molecule has 1 heterocycles. The molecule has 0 bridgehead atoms. The summed E-state index contributed by atoms with van der Waals surface area (Å²) in [6.45, 7) is 9.03. The number of hydrogen-bond donors (Lipinski definition) is 1. The van der Waals surface area contributed by atoms with Crippen LogP contribution < -0.4 is 5.73 Å². The number of nitrogens with two attached hydrogens (primary N) is 1. The fraction of sp³-hybridized carbons (Fsp3) is 0.375. The maximum absolute atomic E-state index is 5.69. The van der Waals surface area contributed by atoms with Crippen LogP contribution >= 0.6 is 0 Å². The predicted octanol–water partition coefficient (Wildman–Crippen LogP) is 3.21. The van der Waals surface area contributed by atoms with E-state index in [1.807, 2.05) is 25.1 Å². The second-order valence-corrected chi connectivity index (χ2v) is 5.87. The second-order valence-electron chi connectivity index (χ2n) is 5.87. The third-order valence-electron chi connectivity index (χ3n) is 3.04. The Kier molecular flexibility index (Phi) is 3.67. The first-order valence-electron chi connectivity index (χ1n) is 6.55. The van der Waals surface area contributed by atoms with Crippen LogP contribution in [0.3, 0.4) is 0 Å². The van der Waals surface area contributed by atoms with Gasteiger partial charge in [0.15, 0.2) is 5.82 Å². The maximum Gasteiger partial charge on any atom is 0.159 e. The SMILES string of the molecule is Cc1cc(C(C)(C)C)nc(-c2cccc(CN)c2)n1. The van der Waals surface area contributed by atoms with E-state index >= 15 is 0 Å². The summed E-state index contributed by atoms with van der Waals surface area (Å²) in [6, 6.07) is 10.2. The second kappa shape index (κ2) is 5.10. The van der Waals surface area contributed by atoms with Crippen molar-refractivity contribution in [3.63, 3.8) is 0 Å². The maximum atomic E-state index is 5.69. The zero-order valence-corrected chi connectivity index (χ0v) is 12.1. The van der Waals surface area contributed by atoms with Crippen LogP contribution in [0.15, 0.2) is 30.3 Å². The Balaban J connectivity index is 2.53. The van der Waals surface area contributed by atoms with Gasteiger partial charge in [-0.1, -0.05) is 39.0 Å². The Morgan fingerprint density at radius 3 is 2.47 bits per heavy atom. The quantitative estimate of drug-likeness (QED) is 0.896. The van der Waals surface area contributed by atoms with E-state index in [9.17, 15) is 0 Å². The number of aromatic nitrogens is 2. The molecule has 3 heteroatoms. The van der Waals surface area contributed by atoms with E-state index in [1.54, 1.807) is 0 Å². The largest absolute Gasteiger partial charge is 0.326 e. The number of rotatable bonds is 2. The van der Waals surface area contributed by atoms with Crippen molar-refractivity contribution in [2.75, 3.05) is 0 Å². The van der Waals surface area contributed by atoms with Crippen LogP contribution in [0.5, 0.6) is 0 Å². The molecule has 3 nitrogen and oxygen atoms in total. The van der Waals surface area contributed by atoms with Crippen LogP contribution in [0.25, 0.3) is 11.4 Å². The molecule has 2 rings (SSSR count). The van der Waals surface area contributed by atoms with E-state index in [-0.39, 0.29) is 5.41 Å². The molecule has 0 saturated carbocycles. The van der Waals surface area contributed by atoms with Gasteiger partial charge in [-0.2, -0.15) is 0 Å². The minimum Gasteiger partial charge on any atom is -0.326 e. The van der Waals surface area contributed by atoms with Crippen LogP contribution in [0, 0.1) is 6.92 Å². The summed E-state index contributed by atoms with van der Waals surface area (Å²) in [7, 11) is 0. The Bertz CT molecular complexity index is 583. The van der Waals surface area contributed by atoms with Crippen LogP contribution in [0.2, 0.25) is 0 Å². The van der Waals surface area contributed by atoms with E-state index < -0.39 is 0 Å². The van der Waals surface area contributed by atoms with Gasteiger partial charge in [0, 0.05) is 23.2 Å². The summed E-state index contributed by atoms with van der Waals surface area (Å²) in [5.41, 5.74) is 9.89. The molecule has 0 aliphatic heterocycles. The van der Waals surface area contributed by atoms with E-state index in [0.29, 0.717) is 6.54 Å². The Labute approximate surface area is 114 Å². The minimum atomic E-state index is 0.0218. The summed E-state index contributed by atoms with van der Waals surface area (Å²) in [5, 5.41) is 0. The lowest BCUT2D eigenvalue weighted by atomic mass is 9.91. The van der Waals surface area contributed by atoms with Crippen LogP contribution in [0.4, 0.5) is 0 Å². The van der Waals surface area contributed by atoms with Gasteiger partial charge < -0.3 is 5.73 Å². The summed E-state index contributed by atoms with van der Waals surface area (Å²) in [6.07, 6.45) is 0. The van der Waals surface area contributed by atoms with E-state index in [0.717, 1.165) is 28.3 Å². The van der Waals surface area contributed by atoms with E-state index in [4.69, 9.17) is 10.7 Å². The number of nitrogens with zero attached hydrogens (tertiary/aromatic N) is 2. The molecule has 0 saturated heterocycles. The third-order valence-corrected chi connectivity index (χ3v) is 3.04. The highest BCUT2D eigenvalue weighted by molar-refractivity contribution is 5.56. The molecule has 0 spiro atoms. The number of benzene rings is 1. The standard InChI is InChI=1S/C16H21N3/c1-11-8-14(16(2,3)4)19-15(18-11)13-7-5-6-12(9-13)10-17/h5-9H,10,17H2,1-4H3. The summed E-state index contributed by atoms with van der Waals surface area (Å²) in [4.78, 5) is 9.24. The van der Waals surface area contributed by atoms with Gasteiger partial charge in [0.05, 0.1) is 5.69 Å². The summed E-state index contributed by atoms with van der Waals surface area (Å²) in [5.74, 6) is 0.778. The first-order valence-corrected chi connectivity index (χ1v) is 6.55. The molecule has 0 amide bonds. The van der Waals surface area contributed by atoms with Gasteiger partial charge in [-0.15, -0.1) is 0 Å². The van der Waals surface area contributed by atoms with Gasteiger partial charge >= 0.3 is 0 Å². The Hall–Kier alpha value is -1.74. The topological polar surface area (TPSA) is 51.8 Å². The lowest BCUT2D eigenvalue weighted by molar-refractivity contribution is 0.567. The molecule has 0 radical (unpaired) electrons. The average molecular weight is 255 g/mol. The third kappa shape index (κ3) is 3.18. The number of hydrogen-bond acceptors (Lipinski definition) is 3. The lowest BCUT2D eigenvalue weighted by Gasteiger charge is -2.19. The highest BCUT2D eigenvalue weighted by Gasteiger charge is 2.17. The average Bonchev–Trinajstić information content (AvgIpc) is 2.37. The van der Waals surface area contributed by atoms with Gasteiger partial charge in [-0.05, 0) is 24.6 Å². The molecule has 1 aromatic carbocycles. The normalized spacial score (nSPS) is 11.6. The van der Waals surface area contributed by atoms with Crippen molar-refractivity contribution >= 4 is 0 Å². The molecule has 0 fully saturated rings. The van der Waals surface area contributed by atoms with Crippen molar-refractivity contribution in [1.82, 2.24) is 9.97 Å². The smallest absolute Gasteiger partial charge is 0.159 e. The highest BCUT2D eigenvalue weighted by atomic mass is 14.9. The first-order chi connectivity index (χ1) is 8.90. The van der Waals surface area contributed by atoms with E-state index in [1.165, 1.54) is 0 Å². The van der Waals surface area contributed by atoms with Gasteiger partial charge in [0.25, 0.3) is 0 Å². The van der Waals surface area contributed by atoms with Crippen molar-refractivity contribution in [1.29, 1.82) is 0 Å². The van der Waals surface area contributed by atoms with Crippen molar-refractivity contribution in [3.8, 4) is 11.4 Å². The Morgan fingerprint density at radius 1 is 1.11 bits per heavy atom. The molecule has 19 heavy (non-hydrogen) atoms. The monoisotopic (exact) mass is 255 g/mol. The molecule has 0 aliphatic rings. The first kappa shape index (κ1) is 13.7. The van der Waals surface area contributed by atoms with Crippen molar-refractivity contribution in [2.45, 2.75) is 39.7 Å². The van der Waals surface area contributed by atoms with Gasteiger partial charge in [-0.25, -0.2) is 9.97 Å². The van der Waals surface area contributed by atoms with Crippen molar-refractivity contribution in [2.24, 2.45) is 5.73 Å². The molecule has 1 aromatic heterocycles. The van der Waals surface area contributed by atoms with E-state index in [2.05, 4.69) is 37.9 Å². The molecule has 2 aromatic rings. The van der Waals surface area contributed by atoms with Crippen LogP contribution in [-0.4, -0.2) is 9.97 Å². The van der Waals surface area contributed by atoms with Crippen LogP contribution in [-0.2, 0) is 12.0 Å². The van der Waals surface area contributed by atoms with Crippen LogP contribution in [0.1, 0.15) is 37.7 Å². The van der Waals surface area contributed by atoms with Crippen molar-refractivity contribution in [3.05, 3.63) is 47.3 Å². The fourth-order valence-corrected chi connectivity index (χ4v) is 1.92. The summed E-state index contributed by atoms with van der Waals surface area (Å²) < 4.78 is 0. The van der Waals surface area contributed by atoms with Gasteiger partial charge in [0.2, 0.25) is 0 Å². The molecule has 2 N–H and O–H groups in total. The van der Waals surface area contributed by atoms with Gasteiger partial charge in [0.1, 0.15) is 0 Å². The lowest BCUT2D eigenvalue weighted by Crippen LogP contribution is -2.15. The fourth-order valence-electron chi connectivity index (χ4n) is 1.92. The van der Waals surface area contributed by atoms with Crippen molar-refractivity contribution < 1.29 is 0 Å². The minimum absolute atomic E-state index is 0.0218. The Morgan fingerprint density at radius 2 is 1.84 bits per heavy atom.